The Morgan fingerprint density at radius 1 is 1.10 bits per heavy atom. The van der Waals surface area contributed by atoms with Gasteiger partial charge in [-0.3, -0.25) is 4.79 Å². The van der Waals surface area contributed by atoms with E-state index in [-0.39, 0.29) is 41.6 Å². The van der Waals surface area contributed by atoms with Crippen molar-refractivity contribution in [2.45, 2.75) is 65.5 Å². The summed E-state index contributed by atoms with van der Waals surface area (Å²) >= 11 is 0. The van der Waals surface area contributed by atoms with Gasteiger partial charge in [-0.25, -0.2) is 9.78 Å². The third kappa shape index (κ3) is 8.09. The second-order valence-corrected chi connectivity index (χ2v) is 11.1. The normalized spacial score (nSPS) is 12.0. The van der Waals surface area contributed by atoms with E-state index in [0.717, 1.165) is 22.6 Å². The van der Waals surface area contributed by atoms with E-state index < -0.39 is 0 Å². The van der Waals surface area contributed by atoms with Crippen LogP contribution in [-0.4, -0.2) is 46.7 Å². The van der Waals surface area contributed by atoms with Crippen LogP contribution in [0.15, 0.2) is 48.7 Å². The zero-order valence-corrected chi connectivity index (χ0v) is 24.5. The highest BCUT2D eigenvalue weighted by Crippen LogP contribution is 2.26. The first-order chi connectivity index (χ1) is 18.9. The summed E-state index contributed by atoms with van der Waals surface area (Å²) < 4.78 is 7.73. The van der Waals surface area contributed by atoms with E-state index in [4.69, 9.17) is 9.72 Å². The smallest absolute Gasteiger partial charge is 0.314 e. The van der Waals surface area contributed by atoms with Crippen LogP contribution in [0.2, 0.25) is 0 Å². The minimum absolute atomic E-state index is 0.0643. The summed E-state index contributed by atoms with van der Waals surface area (Å²) in [5, 5.41) is 18.1. The van der Waals surface area contributed by atoms with Crippen molar-refractivity contribution in [3.05, 3.63) is 71.2 Å². The summed E-state index contributed by atoms with van der Waals surface area (Å²) in [5.74, 6) is 1.11. The van der Waals surface area contributed by atoms with Crippen molar-refractivity contribution in [1.29, 1.82) is 5.26 Å². The maximum Gasteiger partial charge on any atom is 0.314 e. The van der Waals surface area contributed by atoms with Crippen LogP contribution in [0, 0.1) is 11.3 Å². The van der Waals surface area contributed by atoms with Gasteiger partial charge in [0.25, 0.3) is 5.91 Å². The third-order valence-corrected chi connectivity index (χ3v) is 6.19. The lowest BCUT2D eigenvalue weighted by molar-refractivity contribution is 0.0936. The maximum atomic E-state index is 13.2. The van der Waals surface area contributed by atoms with Gasteiger partial charge in [-0.1, -0.05) is 45.0 Å². The van der Waals surface area contributed by atoms with E-state index in [2.05, 4.69) is 47.4 Å². The highest BCUT2D eigenvalue weighted by molar-refractivity contribution is 5.95. The highest BCUT2D eigenvalue weighted by atomic mass is 16.5. The number of rotatable bonds is 10. The topological polar surface area (TPSA) is 121 Å². The Hall–Kier alpha value is -4.32. The van der Waals surface area contributed by atoms with Gasteiger partial charge >= 0.3 is 6.03 Å². The molecule has 2 aromatic carbocycles. The number of aromatic nitrogens is 2. The lowest BCUT2D eigenvalue weighted by Crippen LogP contribution is -2.47. The Kier molecular flexibility index (Phi) is 9.94. The van der Waals surface area contributed by atoms with Gasteiger partial charge < -0.3 is 25.3 Å². The molecule has 0 bridgehead atoms. The minimum atomic E-state index is -0.388. The number of nitriles is 1. The van der Waals surface area contributed by atoms with Crippen LogP contribution < -0.4 is 20.7 Å². The van der Waals surface area contributed by atoms with Crippen LogP contribution in [0.4, 0.5) is 4.79 Å². The van der Waals surface area contributed by atoms with Gasteiger partial charge in [0, 0.05) is 42.9 Å². The van der Waals surface area contributed by atoms with Gasteiger partial charge in [-0.2, -0.15) is 5.26 Å². The van der Waals surface area contributed by atoms with Gasteiger partial charge in [0.1, 0.15) is 17.6 Å². The second kappa shape index (κ2) is 13.2. The molecule has 0 saturated carbocycles. The van der Waals surface area contributed by atoms with Gasteiger partial charge in [-0.05, 0) is 51.0 Å². The lowest BCUT2D eigenvalue weighted by Gasteiger charge is -2.20. The molecule has 9 nitrogen and oxygen atoms in total. The molecule has 0 aliphatic rings. The molecule has 0 radical (unpaired) electrons. The summed E-state index contributed by atoms with van der Waals surface area (Å²) in [4.78, 5) is 30.1. The summed E-state index contributed by atoms with van der Waals surface area (Å²) in [5.41, 5.74) is 3.47. The van der Waals surface area contributed by atoms with E-state index in [1.54, 1.807) is 12.1 Å². The molecule has 40 heavy (non-hydrogen) atoms. The first-order valence-electron chi connectivity index (χ1n) is 13.6. The monoisotopic (exact) mass is 544 g/mol. The van der Waals surface area contributed by atoms with Gasteiger partial charge in [-0.15, -0.1) is 0 Å². The fourth-order valence-electron chi connectivity index (χ4n) is 4.40. The first kappa shape index (κ1) is 30.2. The second-order valence-electron chi connectivity index (χ2n) is 11.1. The van der Waals surface area contributed by atoms with Gasteiger partial charge in [0.2, 0.25) is 0 Å². The zero-order chi connectivity index (χ0) is 29.4. The average Bonchev–Trinajstić information content (AvgIpc) is 3.30. The standard InChI is InChI=1S/C31H40N6O3/c1-8-33-30(39)34-18-25(35-28(38)23-13-14-27(40-20(2)3)24(16-23)17-32)15-21-9-11-22(12-10-21)26-19-37(7)29(36-26)31(4,5)6/h9-14,16,19-20,25H,8,15,18H2,1-7H3,(H,35,38)(H2,33,34,39)/t25-/m0/s1. The number of carbonyl (C=O) groups is 2. The Balaban J connectivity index is 1.78. The molecule has 0 fully saturated rings. The quantitative estimate of drug-likeness (QED) is 0.342. The third-order valence-electron chi connectivity index (χ3n) is 6.19. The molecule has 212 valence electrons. The SMILES string of the molecule is CCNC(=O)NC[C@H](Cc1ccc(-c2cn(C)c(C(C)(C)C)n2)cc1)NC(=O)c1ccc(OC(C)C)c(C#N)c1. The van der Waals surface area contributed by atoms with Crippen LogP contribution in [-0.2, 0) is 18.9 Å². The highest BCUT2D eigenvalue weighted by Gasteiger charge is 2.21. The molecule has 3 amide bonds. The molecule has 1 atom stereocenters. The number of ether oxygens (including phenoxy) is 1. The van der Waals surface area contributed by atoms with Crippen molar-refractivity contribution < 1.29 is 14.3 Å². The average molecular weight is 545 g/mol. The van der Waals surface area contributed by atoms with Crippen LogP contribution in [0.5, 0.6) is 5.75 Å². The van der Waals surface area contributed by atoms with E-state index >= 15 is 0 Å². The Morgan fingerprint density at radius 2 is 1.80 bits per heavy atom. The van der Waals surface area contributed by atoms with Crippen LogP contribution in [0.3, 0.4) is 0 Å². The van der Waals surface area contributed by atoms with Crippen molar-refractivity contribution in [2.75, 3.05) is 13.1 Å². The molecule has 0 saturated heterocycles. The van der Waals surface area contributed by atoms with Crippen molar-refractivity contribution in [3.8, 4) is 23.1 Å². The zero-order valence-electron chi connectivity index (χ0n) is 24.5. The van der Waals surface area contributed by atoms with Crippen molar-refractivity contribution in [3.63, 3.8) is 0 Å². The van der Waals surface area contributed by atoms with Crippen molar-refractivity contribution in [2.24, 2.45) is 7.05 Å². The number of hydrogen-bond donors (Lipinski definition) is 3. The summed E-state index contributed by atoms with van der Waals surface area (Å²) in [6, 6.07) is 14.3. The van der Waals surface area contributed by atoms with Crippen molar-refractivity contribution in [1.82, 2.24) is 25.5 Å². The van der Waals surface area contributed by atoms with E-state index in [9.17, 15) is 14.9 Å². The molecule has 3 N–H and O–H groups in total. The number of imidazole rings is 1. The molecule has 9 heteroatoms. The number of urea groups is 1. The van der Waals surface area contributed by atoms with Gasteiger partial charge in [0.05, 0.1) is 23.4 Å². The number of amides is 3. The fraction of sp³-hybridized carbons (Fsp3) is 0.419. The Bertz CT molecular complexity index is 1360. The predicted molar refractivity (Wildman–Crippen MR) is 156 cm³/mol. The molecular weight excluding hydrogens is 504 g/mol. The number of nitrogens with one attached hydrogen (secondary N) is 3. The summed E-state index contributed by atoms with van der Waals surface area (Å²) in [6.07, 6.45) is 2.43. The summed E-state index contributed by atoms with van der Waals surface area (Å²) in [7, 11) is 2.00. The van der Waals surface area contributed by atoms with E-state index in [1.165, 1.54) is 6.07 Å². The minimum Gasteiger partial charge on any atom is -0.490 e. The number of nitrogens with zero attached hydrogens (tertiary/aromatic N) is 3. The number of carbonyl (C=O) groups excluding carboxylic acids is 2. The molecule has 1 aromatic heterocycles. The van der Waals surface area contributed by atoms with Crippen LogP contribution >= 0.6 is 0 Å². The van der Waals surface area contributed by atoms with Crippen molar-refractivity contribution >= 4 is 11.9 Å². The maximum absolute atomic E-state index is 13.2. The number of aryl methyl sites for hydroxylation is 1. The molecule has 0 aliphatic heterocycles. The van der Waals surface area contributed by atoms with Gasteiger partial charge in [0.15, 0.2) is 0 Å². The Labute approximate surface area is 237 Å². The molecule has 0 aliphatic carbocycles. The van der Waals surface area contributed by atoms with Crippen LogP contribution in [0.25, 0.3) is 11.3 Å². The lowest BCUT2D eigenvalue weighted by atomic mass is 9.96. The molecule has 3 aromatic rings. The molecule has 3 rings (SSSR count). The molecular formula is C31H40N6O3. The van der Waals surface area contributed by atoms with E-state index in [1.807, 2.05) is 58.3 Å². The first-order valence-corrected chi connectivity index (χ1v) is 13.6. The number of hydrogen-bond acceptors (Lipinski definition) is 5. The molecule has 0 spiro atoms. The number of benzene rings is 2. The fourth-order valence-corrected chi connectivity index (χ4v) is 4.40. The largest absolute Gasteiger partial charge is 0.490 e. The van der Waals surface area contributed by atoms with Crippen LogP contribution in [0.1, 0.15) is 68.9 Å². The molecule has 0 unspecified atom stereocenters. The summed E-state index contributed by atoms with van der Waals surface area (Å²) in [6.45, 7) is 12.7. The Morgan fingerprint density at radius 3 is 2.38 bits per heavy atom. The predicted octanol–water partition coefficient (Wildman–Crippen LogP) is 4.70. The van der Waals surface area contributed by atoms with E-state index in [0.29, 0.717) is 24.3 Å². The molecule has 1 heterocycles.